The quantitative estimate of drug-likeness (QED) is 0.737. The van der Waals surface area contributed by atoms with Crippen molar-refractivity contribution in [3.63, 3.8) is 0 Å². The van der Waals surface area contributed by atoms with E-state index in [1.807, 2.05) is 18.5 Å². The lowest BCUT2D eigenvalue weighted by Gasteiger charge is -2.41. The van der Waals surface area contributed by atoms with Gasteiger partial charge in [-0.2, -0.15) is 0 Å². The van der Waals surface area contributed by atoms with Crippen molar-refractivity contribution in [3.8, 4) is 0 Å². The average molecular weight is 451 g/mol. The molecular weight excluding hydrogens is 412 g/mol. The van der Waals surface area contributed by atoms with E-state index < -0.39 is 11.5 Å². The van der Waals surface area contributed by atoms with Gasteiger partial charge < -0.3 is 15.4 Å². The lowest BCUT2D eigenvalue weighted by molar-refractivity contribution is -0.139. The van der Waals surface area contributed by atoms with E-state index in [1.54, 1.807) is 11.3 Å². The van der Waals surface area contributed by atoms with Gasteiger partial charge in [0.1, 0.15) is 11.0 Å². The molecule has 8 heteroatoms. The third kappa shape index (κ3) is 6.73. The molecule has 2 atom stereocenters. The van der Waals surface area contributed by atoms with Crippen LogP contribution in [-0.2, 0) is 20.9 Å². The van der Waals surface area contributed by atoms with Gasteiger partial charge in [-0.15, -0.1) is 11.3 Å². The first-order valence-electron chi connectivity index (χ1n) is 11.8. The number of carbonyl (C=O) groups excluding carboxylic acids is 2. The van der Waals surface area contributed by atoms with Crippen LogP contribution in [0.2, 0.25) is 0 Å². The van der Waals surface area contributed by atoms with E-state index in [9.17, 15) is 9.59 Å². The largest absolute Gasteiger partial charge is 0.381 e. The van der Waals surface area contributed by atoms with Crippen molar-refractivity contribution in [1.29, 1.82) is 0 Å². The summed E-state index contributed by atoms with van der Waals surface area (Å²) in [6.07, 6.45) is 7.92. The molecule has 3 rings (SSSR count). The first-order valence-corrected chi connectivity index (χ1v) is 12.7. The zero-order valence-electron chi connectivity index (χ0n) is 19.0. The van der Waals surface area contributed by atoms with Gasteiger partial charge in [-0.1, -0.05) is 26.7 Å². The summed E-state index contributed by atoms with van der Waals surface area (Å²) in [6.45, 7) is 8.68. The van der Waals surface area contributed by atoms with Crippen LogP contribution in [0.15, 0.2) is 11.6 Å². The van der Waals surface area contributed by atoms with E-state index in [0.717, 1.165) is 76.2 Å². The van der Waals surface area contributed by atoms with Gasteiger partial charge in [0.05, 0.1) is 12.0 Å². The van der Waals surface area contributed by atoms with E-state index in [2.05, 4.69) is 27.4 Å². The van der Waals surface area contributed by atoms with Gasteiger partial charge in [0.2, 0.25) is 11.8 Å². The van der Waals surface area contributed by atoms with Crippen molar-refractivity contribution in [2.24, 2.45) is 11.3 Å². The zero-order chi connectivity index (χ0) is 22.1. The van der Waals surface area contributed by atoms with E-state index in [-0.39, 0.29) is 17.7 Å². The van der Waals surface area contributed by atoms with Crippen molar-refractivity contribution < 1.29 is 14.3 Å². The van der Waals surface area contributed by atoms with Crippen LogP contribution in [0.5, 0.6) is 0 Å². The molecule has 1 spiro atoms. The molecule has 2 N–H and O–H groups in total. The number of hydrogen-bond acceptors (Lipinski definition) is 6. The standard InChI is InChI=1S/C23H38N4O3S/c1-3-18(2)20-21(28)25-10-6-15-30-14-5-4-7-23(22(29)26-20)8-12-27(13-9-23)17-19-24-11-16-31-19/h11,16,18,20H,3-10,12-15,17H2,1-2H3,(H,25,28)(H,26,29)/t18-,20-/m0/s1. The van der Waals surface area contributed by atoms with Crippen molar-refractivity contribution in [2.45, 2.75) is 71.4 Å². The molecule has 2 fully saturated rings. The van der Waals surface area contributed by atoms with Crippen LogP contribution in [0, 0.1) is 11.3 Å². The molecule has 7 nitrogen and oxygen atoms in total. The maximum Gasteiger partial charge on any atom is 0.242 e. The molecular formula is C23H38N4O3S. The molecule has 0 radical (unpaired) electrons. The molecule has 31 heavy (non-hydrogen) atoms. The maximum atomic E-state index is 13.6. The molecule has 174 valence electrons. The number of rotatable bonds is 4. The predicted molar refractivity (Wildman–Crippen MR) is 123 cm³/mol. The predicted octanol–water partition coefficient (Wildman–Crippen LogP) is 2.96. The zero-order valence-corrected chi connectivity index (χ0v) is 19.8. The van der Waals surface area contributed by atoms with Crippen LogP contribution in [0.1, 0.15) is 63.8 Å². The number of hydrogen-bond donors (Lipinski definition) is 2. The molecule has 0 aromatic carbocycles. The van der Waals surface area contributed by atoms with Crippen molar-refractivity contribution in [2.75, 3.05) is 32.8 Å². The molecule has 2 aliphatic heterocycles. The summed E-state index contributed by atoms with van der Waals surface area (Å²) in [4.78, 5) is 33.3. The summed E-state index contributed by atoms with van der Waals surface area (Å²) < 4.78 is 5.72. The van der Waals surface area contributed by atoms with Gasteiger partial charge in [-0.05, 0) is 51.1 Å². The second-order valence-electron chi connectivity index (χ2n) is 9.03. The van der Waals surface area contributed by atoms with Crippen LogP contribution < -0.4 is 10.6 Å². The third-order valence-electron chi connectivity index (χ3n) is 6.88. The smallest absolute Gasteiger partial charge is 0.242 e. The van der Waals surface area contributed by atoms with Crippen LogP contribution in [0.3, 0.4) is 0 Å². The lowest BCUT2D eigenvalue weighted by atomic mass is 9.73. The molecule has 2 aliphatic rings. The van der Waals surface area contributed by atoms with Gasteiger partial charge in [0.15, 0.2) is 0 Å². The van der Waals surface area contributed by atoms with E-state index >= 15 is 0 Å². The molecule has 2 amide bonds. The van der Waals surface area contributed by atoms with Crippen LogP contribution >= 0.6 is 11.3 Å². The van der Waals surface area contributed by atoms with E-state index in [1.165, 1.54) is 0 Å². The summed E-state index contributed by atoms with van der Waals surface area (Å²) in [5.41, 5.74) is -0.407. The second kappa shape index (κ2) is 11.9. The molecule has 3 heterocycles. The van der Waals surface area contributed by atoms with Crippen molar-refractivity contribution in [1.82, 2.24) is 20.5 Å². The van der Waals surface area contributed by atoms with Crippen LogP contribution in [0.25, 0.3) is 0 Å². The summed E-state index contributed by atoms with van der Waals surface area (Å²) in [6, 6.07) is -0.480. The first-order chi connectivity index (χ1) is 15.0. The Balaban J connectivity index is 1.71. The Labute approximate surface area is 190 Å². The highest BCUT2D eigenvalue weighted by molar-refractivity contribution is 7.09. The maximum absolute atomic E-state index is 13.6. The van der Waals surface area contributed by atoms with Gasteiger partial charge in [-0.3, -0.25) is 14.5 Å². The van der Waals surface area contributed by atoms with Gasteiger partial charge in [0, 0.05) is 31.3 Å². The number of piperidine rings is 1. The van der Waals surface area contributed by atoms with Gasteiger partial charge in [-0.25, -0.2) is 4.98 Å². The first kappa shape index (κ1) is 24.1. The molecule has 1 aromatic rings. The van der Waals surface area contributed by atoms with Crippen molar-refractivity contribution >= 4 is 23.2 Å². The van der Waals surface area contributed by atoms with Crippen LogP contribution in [0.4, 0.5) is 0 Å². The highest BCUT2D eigenvalue weighted by Gasteiger charge is 2.42. The fourth-order valence-electron chi connectivity index (χ4n) is 4.51. The van der Waals surface area contributed by atoms with Crippen molar-refractivity contribution in [3.05, 3.63) is 16.6 Å². The second-order valence-corrected chi connectivity index (χ2v) is 10.0. The molecule has 0 aliphatic carbocycles. The number of nitrogens with zero attached hydrogens (tertiary/aromatic N) is 2. The number of nitrogens with one attached hydrogen (secondary N) is 2. The fraction of sp³-hybridized carbons (Fsp3) is 0.783. The minimum atomic E-state index is -0.480. The number of likely N-dealkylation sites (tertiary alicyclic amines) is 1. The average Bonchev–Trinajstić information content (AvgIpc) is 3.29. The molecule has 0 bridgehead atoms. The topological polar surface area (TPSA) is 83.6 Å². The normalized spacial score (nSPS) is 25.4. The summed E-state index contributed by atoms with van der Waals surface area (Å²) >= 11 is 1.68. The van der Waals surface area contributed by atoms with Crippen LogP contribution in [-0.4, -0.2) is 60.6 Å². The Hall–Kier alpha value is -1.51. The molecule has 0 unspecified atom stereocenters. The highest BCUT2D eigenvalue weighted by atomic mass is 32.1. The minimum Gasteiger partial charge on any atom is -0.381 e. The molecule has 1 aromatic heterocycles. The molecule has 0 saturated carbocycles. The molecule has 2 saturated heterocycles. The minimum absolute atomic E-state index is 0.0554. The monoisotopic (exact) mass is 450 g/mol. The van der Waals surface area contributed by atoms with Gasteiger partial charge in [0.25, 0.3) is 0 Å². The third-order valence-corrected chi connectivity index (χ3v) is 7.64. The Morgan fingerprint density at radius 1 is 1.23 bits per heavy atom. The number of aromatic nitrogens is 1. The van der Waals surface area contributed by atoms with E-state index in [4.69, 9.17) is 4.74 Å². The number of ether oxygens (including phenoxy) is 1. The Kier molecular flexibility index (Phi) is 9.29. The number of carbonyl (C=O) groups is 2. The van der Waals surface area contributed by atoms with E-state index in [0.29, 0.717) is 13.2 Å². The fourth-order valence-corrected chi connectivity index (χ4v) is 5.17. The Morgan fingerprint density at radius 3 is 2.71 bits per heavy atom. The summed E-state index contributed by atoms with van der Waals surface area (Å²) in [5, 5.41) is 9.31. The Morgan fingerprint density at radius 2 is 2.00 bits per heavy atom. The highest BCUT2D eigenvalue weighted by Crippen LogP contribution is 2.38. The lowest BCUT2D eigenvalue weighted by Crippen LogP contribution is -2.56. The van der Waals surface area contributed by atoms with Gasteiger partial charge >= 0.3 is 0 Å². The Bertz CT molecular complexity index is 689. The number of thiazole rings is 1. The summed E-state index contributed by atoms with van der Waals surface area (Å²) in [7, 11) is 0. The number of amides is 2. The SMILES string of the molecule is CC[C@H](C)[C@@H]1NC(=O)C2(CCCCOCCCNC1=O)CCN(Cc1nccs1)CC2. The summed E-state index contributed by atoms with van der Waals surface area (Å²) in [5.74, 6) is 0.0751.